The predicted molar refractivity (Wildman–Crippen MR) is 161 cm³/mol. The van der Waals surface area contributed by atoms with Crippen LogP contribution in [0.1, 0.15) is 22.6 Å². The van der Waals surface area contributed by atoms with E-state index in [1.165, 1.54) is 66.4 Å². The van der Waals surface area contributed by atoms with Gasteiger partial charge in [0.1, 0.15) is 0 Å². The molecule has 8 rings (SSSR count). The lowest BCUT2D eigenvalue weighted by Gasteiger charge is -2.30. The van der Waals surface area contributed by atoms with Crippen molar-refractivity contribution in [3.8, 4) is 27.9 Å². The van der Waals surface area contributed by atoms with Gasteiger partial charge in [-0.2, -0.15) is 0 Å². The number of aromatic nitrogens is 2. The van der Waals surface area contributed by atoms with Gasteiger partial charge in [0.25, 0.3) is 0 Å². The number of rotatable bonds is 3. The summed E-state index contributed by atoms with van der Waals surface area (Å²) in [5, 5.41) is 2.56. The van der Waals surface area contributed by atoms with Gasteiger partial charge in [0.15, 0.2) is 0 Å². The lowest BCUT2D eigenvalue weighted by molar-refractivity contribution is 0.791. The van der Waals surface area contributed by atoms with E-state index in [0.29, 0.717) is 0 Å². The molecule has 184 valence electrons. The van der Waals surface area contributed by atoms with Gasteiger partial charge in [-0.05, 0) is 81.8 Å². The molecule has 0 radical (unpaired) electrons. The first kappa shape index (κ1) is 22.1. The Kier molecular flexibility index (Phi) is 4.99. The molecule has 0 saturated carbocycles. The second-order valence-corrected chi connectivity index (χ2v) is 10.4. The van der Waals surface area contributed by atoms with Gasteiger partial charge in [-0.3, -0.25) is 4.98 Å². The molecule has 0 spiro atoms. The molecule has 2 heteroatoms. The van der Waals surface area contributed by atoms with Crippen LogP contribution in [0.15, 0.2) is 140 Å². The SMILES string of the molecule is c1ccc([C@H]2Cc3cnccc3-c3cccc(-c4ccc5c(c4)c4ccccc4n5-c4ccccc4)c32)cc1. The van der Waals surface area contributed by atoms with E-state index in [0.717, 1.165) is 6.42 Å². The molecule has 1 aliphatic rings. The van der Waals surface area contributed by atoms with Gasteiger partial charge in [-0.1, -0.05) is 91.0 Å². The van der Waals surface area contributed by atoms with Crippen LogP contribution >= 0.6 is 0 Å². The van der Waals surface area contributed by atoms with E-state index in [1.54, 1.807) is 0 Å². The number of hydrogen-bond acceptors (Lipinski definition) is 1. The predicted octanol–water partition coefficient (Wildman–Crippen LogP) is 9.20. The smallest absolute Gasteiger partial charge is 0.0541 e. The standard InChI is InChI=1S/C37H26N2/c1-3-10-25(11-4-1)33-23-27-24-38-21-20-29(27)32-16-9-15-30(37(32)33)26-18-19-36-34(22-26)31-14-7-8-17-35(31)39(36)28-12-5-2-6-13-28/h1-22,24,33H,23H2/t33-/m1/s1. The maximum absolute atomic E-state index is 4.47. The fraction of sp³-hybridized carbons (Fsp3) is 0.0541. The molecule has 0 aliphatic heterocycles. The van der Waals surface area contributed by atoms with Crippen LogP contribution in [0.5, 0.6) is 0 Å². The Bertz CT molecular complexity index is 1980. The number of benzene rings is 5. The summed E-state index contributed by atoms with van der Waals surface area (Å²) in [5.74, 6) is 0.274. The van der Waals surface area contributed by atoms with Gasteiger partial charge < -0.3 is 4.57 Å². The highest BCUT2D eigenvalue weighted by Gasteiger charge is 2.29. The molecule has 2 heterocycles. The van der Waals surface area contributed by atoms with E-state index >= 15 is 0 Å². The molecule has 2 aromatic heterocycles. The lowest BCUT2D eigenvalue weighted by atomic mass is 9.73. The molecule has 5 aromatic carbocycles. The van der Waals surface area contributed by atoms with Crippen LogP contribution < -0.4 is 0 Å². The summed E-state index contributed by atoms with van der Waals surface area (Å²) < 4.78 is 2.38. The minimum absolute atomic E-state index is 0.274. The zero-order valence-electron chi connectivity index (χ0n) is 21.5. The Morgan fingerprint density at radius 1 is 0.590 bits per heavy atom. The van der Waals surface area contributed by atoms with E-state index in [9.17, 15) is 0 Å². The lowest BCUT2D eigenvalue weighted by Crippen LogP contribution is -2.14. The van der Waals surface area contributed by atoms with E-state index in [1.807, 2.05) is 12.4 Å². The second-order valence-electron chi connectivity index (χ2n) is 10.4. The average molecular weight is 499 g/mol. The first-order valence-corrected chi connectivity index (χ1v) is 13.6. The molecule has 0 unspecified atom stereocenters. The molecule has 0 bridgehead atoms. The summed E-state index contributed by atoms with van der Waals surface area (Å²) in [4.78, 5) is 4.47. The van der Waals surface area contributed by atoms with Crippen LogP contribution in [-0.2, 0) is 6.42 Å². The Labute approximate surface area is 227 Å². The summed E-state index contributed by atoms with van der Waals surface area (Å²) in [6, 6.07) is 46.3. The molecule has 1 atom stereocenters. The molecule has 0 fully saturated rings. The number of nitrogens with zero attached hydrogens (tertiary/aromatic N) is 2. The molecule has 7 aromatic rings. The highest BCUT2D eigenvalue weighted by atomic mass is 15.0. The number of para-hydroxylation sites is 2. The fourth-order valence-corrected chi connectivity index (χ4v) is 6.57. The van der Waals surface area contributed by atoms with E-state index < -0.39 is 0 Å². The zero-order valence-corrected chi connectivity index (χ0v) is 21.5. The number of hydrogen-bond donors (Lipinski definition) is 0. The van der Waals surface area contributed by atoms with Crippen LogP contribution in [0.4, 0.5) is 0 Å². The molecule has 0 amide bonds. The Hall–Kier alpha value is -4.95. The van der Waals surface area contributed by atoms with E-state index in [4.69, 9.17) is 0 Å². The first-order chi connectivity index (χ1) is 19.4. The van der Waals surface area contributed by atoms with Crippen LogP contribution in [-0.4, -0.2) is 9.55 Å². The van der Waals surface area contributed by atoms with Gasteiger partial charge >= 0.3 is 0 Å². The van der Waals surface area contributed by atoms with E-state index in [2.05, 4.69) is 137 Å². The summed E-state index contributed by atoms with van der Waals surface area (Å²) in [6.07, 6.45) is 4.92. The summed E-state index contributed by atoms with van der Waals surface area (Å²) >= 11 is 0. The third-order valence-electron chi connectivity index (χ3n) is 8.27. The van der Waals surface area contributed by atoms with Crippen molar-refractivity contribution in [1.29, 1.82) is 0 Å². The molecule has 0 saturated heterocycles. The number of fused-ring (bicyclic) bond motifs is 6. The summed E-state index contributed by atoms with van der Waals surface area (Å²) in [6.45, 7) is 0. The van der Waals surface area contributed by atoms with Gasteiger partial charge in [0.05, 0.1) is 11.0 Å². The largest absolute Gasteiger partial charge is 0.309 e. The zero-order chi connectivity index (χ0) is 25.8. The van der Waals surface area contributed by atoms with Gasteiger partial charge in [0.2, 0.25) is 0 Å². The van der Waals surface area contributed by atoms with Crippen LogP contribution in [0.2, 0.25) is 0 Å². The Balaban J connectivity index is 1.39. The van der Waals surface area contributed by atoms with Crippen molar-refractivity contribution in [3.05, 3.63) is 156 Å². The van der Waals surface area contributed by atoms with Crippen molar-refractivity contribution in [3.63, 3.8) is 0 Å². The minimum atomic E-state index is 0.274. The second kappa shape index (κ2) is 8.82. The third-order valence-corrected chi connectivity index (χ3v) is 8.27. The summed E-state index contributed by atoms with van der Waals surface area (Å²) in [5.41, 5.74) is 12.9. The van der Waals surface area contributed by atoms with Crippen LogP contribution in [0.3, 0.4) is 0 Å². The van der Waals surface area contributed by atoms with Crippen molar-refractivity contribution in [1.82, 2.24) is 9.55 Å². The molecular formula is C37H26N2. The van der Waals surface area contributed by atoms with Crippen molar-refractivity contribution in [2.75, 3.05) is 0 Å². The van der Waals surface area contributed by atoms with Gasteiger partial charge in [-0.15, -0.1) is 0 Å². The molecule has 39 heavy (non-hydrogen) atoms. The van der Waals surface area contributed by atoms with Gasteiger partial charge in [-0.25, -0.2) is 0 Å². The minimum Gasteiger partial charge on any atom is -0.309 e. The Morgan fingerprint density at radius 3 is 2.21 bits per heavy atom. The van der Waals surface area contributed by atoms with E-state index in [-0.39, 0.29) is 5.92 Å². The molecule has 1 aliphatic carbocycles. The van der Waals surface area contributed by atoms with Crippen molar-refractivity contribution < 1.29 is 0 Å². The van der Waals surface area contributed by atoms with Gasteiger partial charge in [0, 0.05) is 34.8 Å². The van der Waals surface area contributed by atoms with Crippen LogP contribution in [0, 0.1) is 0 Å². The van der Waals surface area contributed by atoms with Crippen molar-refractivity contribution in [2.24, 2.45) is 0 Å². The maximum Gasteiger partial charge on any atom is 0.0541 e. The van der Waals surface area contributed by atoms with Crippen molar-refractivity contribution in [2.45, 2.75) is 12.3 Å². The average Bonchev–Trinajstić information content (AvgIpc) is 3.35. The monoisotopic (exact) mass is 498 g/mol. The highest BCUT2D eigenvalue weighted by Crippen LogP contribution is 2.47. The first-order valence-electron chi connectivity index (χ1n) is 13.6. The molecule has 2 nitrogen and oxygen atoms in total. The quantitative estimate of drug-likeness (QED) is 0.237. The normalized spacial score (nSPS) is 14.3. The third kappa shape index (κ3) is 3.45. The molecule has 0 N–H and O–H groups in total. The summed E-state index contributed by atoms with van der Waals surface area (Å²) in [7, 11) is 0. The van der Waals surface area contributed by atoms with Crippen LogP contribution in [0.25, 0.3) is 49.7 Å². The fourth-order valence-electron chi connectivity index (χ4n) is 6.57. The molecular weight excluding hydrogens is 472 g/mol. The van der Waals surface area contributed by atoms with Crippen molar-refractivity contribution >= 4 is 21.8 Å². The Morgan fingerprint density at radius 2 is 1.33 bits per heavy atom. The maximum atomic E-state index is 4.47. The highest BCUT2D eigenvalue weighted by molar-refractivity contribution is 6.10. The number of pyridine rings is 1. The topological polar surface area (TPSA) is 17.8 Å².